The van der Waals surface area contributed by atoms with Crippen LogP contribution >= 0.6 is 23.4 Å². The number of rotatable bonds is 1. The summed E-state index contributed by atoms with van der Waals surface area (Å²) in [5.74, 6) is 2.00. The van der Waals surface area contributed by atoms with Gasteiger partial charge in [-0.2, -0.15) is 0 Å². The van der Waals surface area contributed by atoms with E-state index in [1.54, 1.807) is 0 Å². The Morgan fingerprint density at radius 1 is 1.32 bits per heavy atom. The zero-order chi connectivity index (χ0) is 13.2. The van der Waals surface area contributed by atoms with Crippen molar-refractivity contribution in [2.75, 3.05) is 11.1 Å². The summed E-state index contributed by atoms with van der Waals surface area (Å²) in [5, 5.41) is 5.32. The Kier molecular flexibility index (Phi) is 4.04. The molecule has 19 heavy (non-hydrogen) atoms. The Bertz CT molecular complexity index is 501. The molecule has 0 amide bonds. The fourth-order valence-corrected chi connectivity index (χ4v) is 4.18. The molecule has 1 aliphatic heterocycles. The smallest absolute Gasteiger partial charge is 0.161 e. The lowest BCUT2D eigenvalue weighted by Crippen LogP contribution is -2.31. The van der Waals surface area contributed by atoms with Gasteiger partial charge in [0.25, 0.3) is 0 Å². The maximum Gasteiger partial charge on any atom is 0.161 e. The van der Waals surface area contributed by atoms with Crippen LogP contribution in [0.15, 0.2) is 23.2 Å². The van der Waals surface area contributed by atoms with Gasteiger partial charge < -0.3 is 5.32 Å². The van der Waals surface area contributed by atoms with Crippen LogP contribution < -0.4 is 5.32 Å². The Labute approximate surface area is 124 Å². The van der Waals surface area contributed by atoms with Crippen LogP contribution in [0.5, 0.6) is 0 Å². The molecule has 2 atom stereocenters. The summed E-state index contributed by atoms with van der Waals surface area (Å²) < 4.78 is 0. The van der Waals surface area contributed by atoms with Crippen molar-refractivity contribution in [1.29, 1.82) is 0 Å². The number of benzene rings is 1. The van der Waals surface area contributed by atoms with Crippen molar-refractivity contribution in [1.82, 2.24) is 0 Å². The highest BCUT2D eigenvalue weighted by molar-refractivity contribution is 8.14. The van der Waals surface area contributed by atoms with Gasteiger partial charge in [-0.3, -0.25) is 4.99 Å². The van der Waals surface area contributed by atoms with Gasteiger partial charge in [-0.25, -0.2) is 0 Å². The normalized spacial score (nSPS) is 26.5. The van der Waals surface area contributed by atoms with Crippen molar-refractivity contribution >= 4 is 34.2 Å². The number of halogens is 1. The van der Waals surface area contributed by atoms with Crippen LogP contribution in [0.4, 0.5) is 5.69 Å². The maximum absolute atomic E-state index is 6.16. The van der Waals surface area contributed by atoms with Gasteiger partial charge >= 0.3 is 0 Å². The van der Waals surface area contributed by atoms with E-state index < -0.39 is 0 Å². The highest BCUT2D eigenvalue weighted by Crippen LogP contribution is 2.34. The number of amidine groups is 1. The molecule has 1 saturated carbocycles. The maximum atomic E-state index is 6.16. The number of hydrogen-bond acceptors (Lipinski definition) is 3. The number of anilines is 1. The molecule has 102 valence electrons. The molecule has 0 aromatic heterocycles. The van der Waals surface area contributed by atoms with Crippen LogP contribution in [-0.4, -0.2) is 17.0 Å². The van der Waals surface area contributed by atoms with Crippen LogP contribution in [0, 0.1) is 12.8 Å². The molecule has 1 aliphatic carbocycles. The van der Waals surface area contributed by atoms with Gasteiger partial charge in [-0.15, -0.1) is 0 Å². The topological polar surface area (TPSA) is 24.4 Å². The SMILES string of the molecule is Cc1c(Cl)cccc1NC1=NC2CCCCC2CS1. The average molecular weight is 295 g/mol. The van der Waals surface area contributed by atoms with E-state index in [0.29, 0.717) is 6.04 Å². The van der Waals surface area contributed by atoms with E-state index in [1.165, 1.54) is 31.4 Å². The summed E-state index contributed by atoms with van der Waals surface area (Å²) in [6.45, 7) is 2.04. The molecule has 2 aliphatic rings. The zero-order valence-corrected chi connectivity index (χ0v) is 12.7. The largest absolute Gasteiger partial charge is 0.335 e. The van der Waals surface area contributed by atoms with E-state index in [2.05, 4.69) is 11.4 Å². The molecule has 0 saturated heterocycles. The number of aliphatic imine (C=N–C) groups is 1. The Hall–Kier alpha value is -0.670. The Morgan fingerprint density at radius 2 is 2.16 bits per heavy atom. The molecule has 0 radical (unpaired) electrons. The van der Waals surface area contributed by atoms with Gasteiger partial charge in [0.15, 0.2) is 5.17 Å². The van der Waals surface area contributed by atoms with Crippen LogP contribution in [0.25, 0.3) is 0 Å². The van der Waals surface area contributed by atoms with Crippen molar-refractivity contribution < 1.29 is 0 Å². The first-order chi connectivity index (χ1) is 9.24. The van der Waals surface area contributed by atoms with Crippen LogP contribution in [0.3, 0.4) is 0 Å². The minimum absolute atomic E-state index is 0.539. The predicted molar refractivity (Wildman–Crippen MR) is 85.5 cm³/mol. The summed E-state index contributed by atoms with van der Waals surface area (Å²) in [6.07, 6.45) is 5.32. The molecule has 2 unspecified atom stereocenters. The van der Waals surface area contributed by atoms with Gasteiger partial charge in [-0.05, 0) is 43.4 Å². The first kappa shape index (κ1) is 13.3. The molecule has 1 aromatic rings. The van der Waals surface area contributed by atoms with E-state index in [1.807, 2.05) is 30.8 Å². The summed E-state index contributed by atoms with van der Waals surface area (Å²) in [5.41, 5.74) is 2.17. The summed E-state index contributed by atoms with van der Waals surface area (Å²) in [6, 6.07) is 6.51. The fraction of sp³-hybridized carbons (Fsp3) is 0.533. The van der Waals surface area contributed by atoms with Crippen molar-refractivity contribution in [3.05, 3.63) is 28.8 Å². The first-order valence-electron chi connectivity index (χ1n) is 6.97. The molecule has 1 aromatic carbocycles. The summed E-state index contributed by atoms with van der Waals surface area (Å²) >= 11 is 8.01. The van der Waals surface area contributed by atoms with E-state index in [0.717, 1.165) is 27.4 Å². The second-order valence-corrected chi connectivity index (χ2v) is 6.81. The highest BCUT2D eigenvalue weighted by Gasteiger charge is 2.29. The van der Waals surface area contributed by atoms with E-state index in [-0.39, 0.29) is 0 Å². The minimum atomic E-state index is 0.539. The highest BCUT2D eigenvalue weighted by atomic mass is 35.5. The van der Waals surface area contributed by atoms with Crippen molar-refractivity contribution in [3.63, 3.8) is 0 Å². The molecule has 0 spiro atoms. The van der Waals surface area contributed by atoms with E-state index in [4.69, 9.17) is 16.6 Å². The number of fused-ring (bicyclic) bond motifs is 1. The molecular formula is C15H19ClN2S. The van der Waals surface area contributed by atoms with Crippen LogP contribution in [-0.2, 0) is 0 Å². The zero-order valence-electron chi connectivity index (χ0n) is 11.2. The molecule has 1 heterocycles. The fourth-order valence-electron chi connectivity index (χ4n) is 2.85. The minimum Gasteiger partial charge on any atom is -0.335 e. The molecule has 3 rings (SSSR count). The van der Waals surface area contributed by atoms with Crippen LogP contribution in [0.1, 0.15) is 31.2 Å². The van der Waals surface area contributed by atoms with E-state index >= 15 is 0 Å². The third kappa shape index (κ3) is 2.92. The van der Waals surface area contributed by atoms with Gasteiger partial charge in [0.2, 0.25) is 0 Å². The van der Waals surface area contributed by atoms with Crippen molar-refractivity contribution in [2.24, 2.45) is 10.9 Å². The molecule has 2 nitrogen and oxygen atoms in total. The molecule has 4 heteroatoms. The van der Waals surface area contributed by atoms with Crippen LogP contribution in [0.2, 0.25) is 5.02 Å². The predicted octanol–water partition coefficient (Wildman–Crippen LogP) is 4.72. The quantitative estimate of drug-likeness (QED) is 0.810. The summed E-state index contributed by atoms with van der Waals surface area (Å²) in [4.78, 5) is 4.90. The lowest BCUT2D eigenvalue weighted by molar-refractivity contribution is 0.336. The second kappa shape index (κ2) is 5.76. The monoisotopic (exact) mass is 294 g/mol. The lowest BCUT2D eigenvalue weighted by Gasteiger charge is -2.32. The van der Waals surface area contributed by atoms with Gasteiger partial charge in [-0.1, -0.05) is 42.3 Å². The summed E-state index contributed by atoms with van der Waals surface area (Å²) in [7, 11) is 0. The van der Waals surface area contributed by atoms with Gasteiger partial charge in [0.05, 0.1) is 6.04 Å². The number of nitrogens with one attached hydrogen (secondary N) is 1. The molecule has 1 N–H and O–H groups in total. The van der Waals surface area contributed by atoms with Gasteiger partial charge in [0.1, 0.15) is 0 Å². The number of hydrogen-bond donors (Lipinski definition) is 1. The van der Waals surface area contributed by atoms with Gasteiger partial charge in [0, 0.05) is 16.5 Å². The second-order valence-electron chi connectivity index (χ2n) is 5.39. The van der Waals surface area contributed by atoms with Crippen molar-refractivity contribution in [3.8, 4) is 0 Å². The number of nitrogens with zero attached hydrogens (tertiary/aromatic N) is 1. The molecular weight excluding hydrogens is 276 g/mol. The first-order valence-corrected chi connectivity index (χ1v) is 8.33. The van der Waals surface area contributed by atoms with Crippen molar-refractivity contribution in [2.45, 2.75) is 38.6 Å². The molecule has 1 fully saturated rings. The third-order valence-corrected chi connectivity index (χ3v) is 5.58. The third-order valence-electron chi connectivity index (χ3n) is 4.10. The Balaban J connectivity index is 1.76. The number of thioether (sulfide) groups is 1. The molecule has 0 bridgehead atoms. The average Bonchev–Trinajstić information content (AvgIpc) is 2.44. The standard InChI is InChI=1S/C15H19ClN2S/c1-10-12(16)6-4-8-13(10)17-15-18-14-7-3-2-5-11(14)9-19-15/h4,6,8,11,14H,2-3,5,7,9H2,1H3,(H,17,18). The van der Waals surface area contributed by atoms with E-state index in [9.17, 15) is 0 Å². The lowest BCUT2D eigenvalue weighted by atomic mass is 9.86. The Morgan fingerprint density at radius 3 is 3.05 bits per heavy atom.